The van der Waals surface area contributed by atoms with Gasteiger partial charge in [-0.05, 0) is 49.2 Å². The van der Waals surface area contributed by atoms with Crippen LogP contribution >= 0.6 is 0 Å². The SMILES string of the molecule is Cc1ccc(C)c(S(=O)(=O)Nc2ccc(F)cc2N)c1. The van der Waals surface area contributed by atoms with Crippen molar-refractivity contribution in [2.45, 2.75) is 18.7 Å². The van der Waals surface area contributed by atoms with E-state index in [1.165, 1.54) is 6.07 Å². The van der Waals surface area contributed by atoms with Crippen LogP contribution in [0.2, 0.25) is 0 Å². The van der Waals surface area contributed by atoms with Gasteiger partial charge in [-0.15, -0.1) is 0 Å². The predicted octanol–water partition coefficient (Wildman–Crippen LogP) is 2.83. The molecule has 0 saturated heterocycles. The molecular formula is C14H15FN2O2S. The van der Waals surface area contributed by atoms with Crippen LogP contribution in [0.25, 0.3) is 0 Å². The smallest absolute Gasteiger partial charge is 0.262 e. The van der Waals surface area contributed by atoms with E-state index in [9.17, 15) is 12.8 Å². The third-order valence-electron chi connectivity index (χ3n) is 2.89. The summed E-state index contributed by atoms with van der Waals surface area (Å²) >= 11 is 0. The summed E-state index contributed by atoms with van der Waals surface area (Å²) in [4.78, 5) is 0.182. The van der Waals surface area contributed by atoms with Gasteiger partial charge in [-0.1, -0.05) is 12.1 Å². The summed E-state index contributed by atoms with van der Waals surface area (Å²) in [7, 11) is -3.75. The molecule has 2 aromatic carbocycles. The number of sulfonamides is 1. The highest BCUT2D eigenvalue weighted by Crippen LogP contribution is 2.24. The molecule has 4 nitrogen and oxygen atoms in total. The fraction of sp³-hybridized carbons (Fsp3) is 0.143. The molecule has 0 radical (unpaired) electrons. The Balaban J connectivity index is 2.43. The Kier molecular flexibility index (Phi) is 3.67. The zero-order valence-corrected chi connectivity index (χ0v) is 12.0. The van der Waals surface area contributed by atoms with E-state index in [4.69, 9.17) is 5.73 Å². The van der Waals surface area contributed by atoms with Gasteiger partial charge < -0.3 is 5.73 Å². The molecule has 20 heavy (non-hydrogen) atoms. The molecule has 0 aliphatic heterocycles. The molecule has 3 N–H and O–H groups in total. The first kappa shape index (κ1) is 14.3. The maximum Gasteiger partial charge on any atom is 0.262 e. The van der Waals surface area contributed by atoms with Gasteiger partial charge in [-0.25, -0.2) is 12.8 Å². The number of rotatable bonds is 3. The molecule has 0 bridgehead atoms. The van der Waals surface area contributed by atoms with Crippen LogP contribution in [0.3, 0.4) is 0 Å². The first-order chi connectivity index (χ1) is 9.29. The van der Waals surface area contributed by atoms with Crippen molar-refractivity contribution in [2.75, 3.05) is 10.5 Å². The van der Waals surface area contributed by atoms with Crippen LogP contribution in [0.4, 0.5) is 15.8 Å². The Bertz CT molecular complexity index is 758. The van der Waals surface area contributed by atoms with Crippen molar-refractivity contribution in [1.82, 2.24) is 0 Å². The lowest BCUT2D eigenvalue weighted by molar-refractivity contribution is 0.600. The highest BCUT2D eigenvalue weighted by Gasteiger charge is 2.18. The maximum absolute atomic E-state index is 13.0. The molecule has 0 heterocycles. The van der Waals surface area contributed by atoms with Gasteiger partial charge in [0, 0.05) is 0 Å². The maximum atomic E-state index is 13.0. The lowest BCUT2D eigenvalue weighted by atomic mass is 10.2. The van der Waals surface area contributed by atoms with Gasteiger partial charge in [0.15, 0.2) is 0 Å². The Morgan fingerprint density at radius 1 is 1.10 bits per heavy atom. The lowest BCUT2D eigenvalue weighted by Gasteiger charge is -2.12. The van der Waals surface area contributed by atoms with Crippen molar-refractivity contribution < 1.29 is 12.8 Å². The second-order valence-electron chi connectivity index (χ2n) is 4.61. The summed E-state index contributed by atoms with van der Waals surface area (Å²) in [6.07, 6.45) is 0. The molecule has 0 unspecified atom stereocenters. The Labute approximate surface area is 117 Å². The second kappa shape index (κ2) is 5.13. The largest absolute Gasteiger partial charge is 0.397 e. The van der Waals surface area contributed by atoms with E-state index in [1.807, 2.05) is 13.0 Å². The average Bonchev–Trinajstić information content (AvgIpc) is 2.35. The van der Waals surface area contributed by atoms with Crippen molar-refractivity contribution in [2.24, 2.45) is 0 Å². The number of nitrogen functional groups attached to an aromatic ring is 1. The zero-order valence-electron chi connectivity index (χ0n) is 11.1. The van der Waals surface area contributed by atoms with E-state index < -0.39 is 15.8 Å². The number of aryl methyl sites for hydroxylation is 2. The molecule has 0 spiro atoms. The summed E-state index contributed by atoms with van der Waals surface area (Å²) in [6.45, 7) is 3.52. The number of halogens is 1. The third kappa shape index (κ3) is 2.91. The summed E-state index contributed by atoms with van der Waals surface area (Å²) < 4.78 is 40.0. The van der Waals surface area contributed by atoms with Crippen LogP contribution in [-0.2, 0) is 10.0 Å². The van der Waals surface area contributed by atoms with Crippen molar-refractivity contribution in [3.05, 3.63) is 53.3 Å². The number of nitrogens with one attached hydrogen (secondary N) is 1. The minimum atomic E-state index is -3.75. The van der Waals surface area contributed by atoms with Gasteiger partial charge in [0.05, 0.1) is 16.3 Å². The summed E-state index contributed by atoms with van der Waals surface area (Å²) in [5.74, 6) is -0.516. The molecule has 0 aromatic heterocycles. The standard InChI is InChI=1S/C14H15FN2O2S/c1-9-3-4-10(2)14(7-9)20(18,19)17-13-6-5-11(15)8-12(13)16/h3-8,17H,16H2,1-2H3. The van der Waals surface area contributed by atoms with E-state index >= 15 is 0 Å². The van der Waals surface area contributed by atoms with Gasteiger partial charge in [0.1, 0.15) is 5.82 Å². The van der Waals surface area contributed by atoms with Crippen LogP contribution in [0.5, 0.6) is 0 Å². The normalized spacial score (nSPS) is 11.3. The molecule has 0 atom stereocenters. The molecule has 0 amide bonds. The zero-order chi connectivity index (χ0) is 14.9. The van der Waals surface area contributed by atoms with E-state index in [1.54, 1.807) is 19.1 Å². The van der Waals surface area contributed by atoms with Crippen molar-refractivity contribution in [3.63, 3.8) is 0 Å². The number of anilines is 2. The molecule has 0 saturated carbocycles. The highest BCUT2D eigenvalue weighted by molar-refractivity contribution is 7.92. The van der Waals surface area contributed by atoms with Crippen LogP contribution in [0, 0.1) is 19.7 Å². The first-order valence-corrected chi connectivity index (χ1v) is 7.43. The Morgan fingerprint density at radius 3 is 2.45 bits per heavy atom. The van der Waals surface area contributed by atoms with Crippen LogP contribution in [0.15, 0.2) is 41.3 Å². The van der Waals surface area contributed by atoms with Crippen LogP contribution in [0.1, 0.15) is 11.1 Å². The van der Waals surface area contributed by atoms with Gasteiger partial charge in [-0.3, -0.25) is 4.72 Å². The summed E-state index contributed by atoms with van der Waals surface area (Å²) in [5.41, 5.74) is 7.27. The number of benzene rings is 2. The molecule has 6 heteroatoms. The van der Waals surface area contributed by atoms with Crippen molar-refractivity contribution in [1.29, 1.82) is 0 Å². The highest BCUT2D eigenvalue weighted by atomic mass is 32.2. The van der Waals surface area contributed by atoms with Crippen molar-refractivity contribution >= 4 is 21.4 Å². The van der Waals surface area contributed by atoms with Gasteiger partial charge in [0.25, 0.3) is 10.0 Å². The lowest BCUT2D eigenvalue weighted by Crippen LogP contribution is -2.15. The predicted molar refractivity (Wildman–Crippen MR) is 77.5 cm³/mol. The Hall–Kier alpha value is -2.08. The van der Waals surface area contributed by atoms with E-state index in [-0.39, 0.29) is 16.3 Å². The summed E-state index contributed by atoms with van der Waals surface area (Å²) in [5, 5.41) is 0. The summed E-state index contributed by atoms with van der Waals surface area (Å²) in [6, 6.07) is 8.67. The van der Waals surface area contributed by atoms with Crippen molar-refractivity contribution in [3.8, 4) is 0 Å². The van der Waals surface area contributed by atoms with E-state index in [2.05, 4.69) is 4.72 Å². The second-order valence-corrected chi connectivity index (χ2v) is 6.26. The minimum absolute atomic E-state index is 0.0406. The molecule has 0 aliphatic carbocycles. The molecule has 2 rings (SSSR count). The van der Waals surface area contributed by atoms with Crippen LogP contribution < -0.4 is 10.5 Å². The molecule has 0 aliphatic rings. The molecule has 0 fully saturated rings. The average molecular weight is 294 g/mol. The fourth-order valence-corrected chi connectivity index (χ4v) is 3.24. The number of nitrogens with two attached hydrogens (primary N) is 1. The third-order valence-corrected chi connectivity index (χ3v) is 4.40. The monoisotopic (exact) mass is 294 g/mol. The van der Waals surface area contributed by atoms with Gasteiger partial charge >= 0.3 is 0 Å². The van der Waals surface area contributed by atoms with E-state index in [0.717, 1.165) is 17.7 Å². The molecular weight excluding hydrogens is 279 g/mol. The van der Waals surface area contributed by atoms with Gasteiger partial charge in [-0.2, -0.15) is 0 Å². The van der Waals surface area contributed by atoms with Gasteiger partial charge in [0.2, 0.25) is 0 Å². The quantitative estimate of drug-likeness (QED) is 0.855. The number of hydrogen-bond acceptors (Lipinski definition) is 3. The number of hydrogen-bond donors (Lipinski definition) is 2. The fourth-order valence-electron chi connectivity index (χ4n) is 1.82. The van der Waals surface area contributed by atoms with Crippen LogP contribution in [-0.4, -0.2) is 8.42 Å². The minimum Gasteiger partial charge on any atom is -0.397 e. The topological polar surface area (TPSA) is 72.2 Å². The van der Waals surface area contributed by atoms with E-state index in [0.29, 0.717) is 5.56 Å². The molecule has 106 valence electrons. The molecule has 2 aromatic rings. The first-order valence-electron chi connectivity index (χ1n) is 5.95. The Morgan fingerprint density at radius 2 is 1.80 bits per heavy atom.